The number of ether oxygens (including phenoxy) is 1. The molecule has 2 aliphatic rings. The second kappa shape index (κ2) is 6.08. The molecule has 4 rings (SSSR count). The Morgan fingerprint density at radius 1 is 1.22 bits per heavy atom. The van der Waals surface area contributed by atoms with Crippen LogP contribution in [0.4, 0.5) is 0 Å². The van der Waals surface area contributed by atoms with Crippen LogP contribution in [0, 0.1) is 11.8 Å². The van der Waals surface area contributed by atoms with Gasteiger partial charge in [0.25, 0.3) is 5.91 Å². The van der Waals surface area contributed by atoms with Crippen LogP contribution in [0.1, 0.15) is 22.3 Å². The van der Waals surface area contributed by atoms with Crippen LogP contribution in [0.3, 0.4) is 0 Å². The van der Waals surface area contributed by atoms with E-state index >= 15 is 0 Å². The molecule has 118 valence electrons. The monoisotopic (exact) mass is 309 g/mol. The smallest absolute Gasteiger partial charge is 0.253 e. The van der Waals surface area contributed by atoms with Crippen molar-refractivity contribution in [2.24, 2.45) is 11.8 Å². The van der Waals surface area contributed by atoms with Gasteiger partial charge >= 0.3 is 0 Å². The predicted molar refractivity (Wildman–Crippen MR) is 84.8 cm³/mol. The van der Waals surface area contributed by atoms with Crippen molar-refractivity contribution in [1.82, 2.24) is 15.5 Å². The lowest BCUT2D eigenvalue weighted by Crippen LogP contribution is -2.62. The summed E-state index contributed by atoms with van der Waals surface area (Å²) < 4.78 is 5.88. The third kappa shape index (κ3) is 2.72. The van der Waals surface area contributed by atoms with Gasteiger partial charge in [-0.15, -0.1) is 0 Å². The summed E-state index contributed by atoms with van der Waals surface area (Å²) in [6.45, 7) is 0.795. The Hall–Kier alpha value is -2.27. The third-order valence-electron chi connectivity index (χ3n) is 4.99. The Balaban J connectivity index is 1.48. The van der Waals surface area contributed by atoms with Crippen LogP contribution >= 0.6 is 0 Å². The molecule has 0 spiro atoms. The van der Waals surface area contributed by atoms with Gasteiger partial charge in [0.1, 0.15) is 0 Å². The van der Waals surface area contributed by atoms with E-state index in [2.05, 4.69) is 39.8 Å². The quantitative estimate of drug-likeness (QED) is 0.936. The molecule has 1 saturated heterocycles. The van der Waals surface area contributed by atoms with Crippen LogP contribution in [-0.4, -0.2) is 34.9 Å². The molecule has 1 aliphatic heterocycles. The SMILES string of the molecule is O=C(N[C@@H]1[C@@H](Cc2ccccc2)[C@H]2OCC[C@@H]12)c1ccnnc1. The molecule has 0 unspecified atom stereocenters. The fraction of sp³-hybridized carbons (Fsp3) is 0.389. The van der Waals surface area contributed by atoms with E-state index in [4.69, 9.17) is 4.74 Å². The van der Waals surface area contributed by atoms with E-state index in [9.17, 15) is 4.79 Å². The van der Waals surface area contributed by atoms with Crippen LogP contribution in [0.5, 0.6) is 0 Å². The lowest BCUT2D eigenvalue weighted by atomic mass is 9.64. The summed E-state index contributed by atoms with van der Waals surface area (Å²) in [6, 6.07) is 12.3. The Morgan fingerprint density at radius 3 is 2.87 bits per heavy atom. The number of aromatic nitrogens is 2. The number of nitrogens with zero attached hydrogens (tertiary/aromatic N) is 2. The first-order valence-corrected chi connectivity index (χ1v) is 8.06. The second-order valence-electron chi connectivity index (χ2n) is 6.27. The first-order valence-electron chi connectivity index (χ1n) is 8.06. The summed E-state index contributed by atoms with van der Waals surface area (Å²) in [7, 11) is 0. The van der Waals surface area contributed by atoms with Gasteiger partial charge < -0.3 is 10.1 Å². The molecule has 2 heterocycles. The molecule has 0 radical (unpaired) electrons. The van der Waals surface area contributed by atoms with Crippen LogP contribution in [0.2, 0.25) is 0 Å². The van der Waals surface area contributed by atoms with Crippen molar-refractivity contribution < 1.29 is 9.53 Å². The highest BCUT2D eigenvalue weighted by molar-refractivity contribution is 5.94. The molecule has 1 amide bonds. The standard InChI is InChI=1S/C18H19N3O2/c22-18(13-6-8-19-20-11-13)21-16-14-7-9-23-17(14)15(16)10-12-4-2-1-3-5-12/h1-6,8,11,14-17H,7,9-10H2,(H,21,22)/t14-,15+,16-,17-/m0/s1. The maximum absolute atomic E-state index is 12.4. The van der Waals surface area contributed by atoms with Crippen molar-refractivity contribution in [2.45, 2.75) is 25.0 Å². The zero-order valence-electron chi connectivity index (χ0n) is 12.8. The first-order chi connectivity index (χ1) is 11.3. The van der Waals surface area contributed by atoms with Crippen molar-refractivity contribution in [3.8, 4) is 0 Å². The highest BCUT2D eigenvalue weighted by Gasteiger charge is 2.54. The Kier molecular flexibility index (Phi) is 3.79. The zero-order chi connectivity index (χ0) is 15.6. The van der Waals surface area contributed by atoms with E-state index in [1.54, 1.807) is 12.3 Å². The summed E-state index contributed by atoms with van der Waals surface area (Å²) in [6.07, 6.45) is 5.27. The van der Waals surface area contributed by atoms with E-state index < -0.39 is 0 Å². The molecule has 1 aliphatic carbocycles. The van der Waals surface area contributed by atoms with Gasteiger partial charge in [0.05, 0.1) is 24.1 Å². The van der Waals surface area contributed by atoms with E-state index in [-0.39, 0.29) is 18.1 Å². The number of amides is 1. The van der Waals surface area contributed by atoms with Crippen molar-refractivity contribution in [2.75, 3.05) is 6.61 Å². The van der Waals surface area contributed by atoms with Gasteiger partial charge in [-0.1, -0.05) is 30.3 Å². The highest BCUT2D eigenvalue weighted by atomic mass is 16.5. The van der Waals surface area contributed by atoms with Crippen LogP contribution in [0.25, 0.3) is 0 Å². The molecule has 23 heavy (non-hydrogen) atoms. The predicted octanol–water partition coefficient (Wildman–Crippen LogP) is 1.85. The van der Waals surface area contributed by atoms with Crippen molar-refractivity contribution in [3.05, 3.63) is 59.9 Å². The third-order valence-corrected chi connectivity index (χ3v) is 4.99. The average molecular weight is 309 g/mol. The Bertz CT molecular complexity index is 677. The van der Waals surface area contributed by atoms with Gasteiger partial charge in [-0.2, -0.15) is 10.2 Å². The minimum atomic E-state index is -0.0756. The van der Waals surface area contributed by atoms with Crippen molar-refractivity contribution >= 4 is 5.91 Å². The van der Waals surface area contributed by atoms with Gasteiger partial charge in [0, 0.05) is 24.5 Å². The lowest BCUT2D eigenvalue weighted by Gasteiger charge is -2.48. The minimum Gasteiger partial charge on any atom is -0.377 e. The second-order valence-corrected chi connectivity index (χ2v) is 6.27. The van der Waals surface area contributed by atoms with E-state index in [0.717, 1.165) is 19.4 Å². The zero-order valence-corrected chi connectivity index (χ0v) is 12.8. The molecule has 5 heteroatoms. The van der Waals surface area contributed by atoms with Gasteiger partial charge in [-0.25, -0.2) is 0 Å². The van der Waals surface area contributed by atoms with E-state index in [1.807, 2.05) is 6.07 Å². The van der Waals surface area contributed by atoms with Crippen molar-refractivity contribution in [1.29, 1.82) is 0 Å². The topological polar surface area (TPSA) is 64.1 Å². The first kappa shape index (κ1) is 14.3. The van der Waals surface area contributed by atoms with Crippen molar-refractivity contribution in [3.63, 3.8) is 0 Å². The number of benzene rings is 1. The molecule has 0 bridgehead atoms. The number of carbonyl (C=O) groups excluding carboxylic acids is 1. The molecule has 2 aromatic rings. The Labute approximate surface area is 135 Å². The van der Waals surface area contributed by atoms with Gasteiger partial charge in [0.2, 0.25) is 0 Å². The van der Waals surface area contributed by atoms with Gasteiger partial charge in [-0.3, -0.25) is 4.79 Å². The number of hydrogen-bond acceptors (Lipinski definition) is 4. The molecule has 5 nitrogen and oxygen atoms in total. The van der Waals surface area contributed by atoms with E-state index in [1.165, 1.54) is 11.8 Å². The molecular weight excluding hydrogens is 290 g/mol. The summed E-state index contributed by atoms with van der Waals surface area (Å²) in [4.78, 5) is 12.4. The van der Waals surface area contributed by atoms with Gasteiger partial charge in [0.15, 0.2) is 0 Å². The summed E-state index contributed by atoms with van der Waals surface area (Å²) in [5, 5.41) is 10.7. The molecule has 4 atom stereocenters. The van der Waals surface area contributed by atoms with Crippen LogP contribution in [0.15, 0.2) is 48.8 Å². The number of carbonyl (C=O) groups is 1. The molecule has 1 aromatic heterocycles. The lowest BCUT2D eigenvalue weighted by molar-refractivity contribution is -0.0528. The number of hydrogen-bond donors (Lipinski definition) is 1. The molecule has 1 aromatic carbocycles. The van der Waals surface area contributed by atoms with Crippen LogP contribution < -0.4 is 5.32 Å². The normalized spacial score (nSPS) is 28.7. The van der Waals surface area contributed by atoms with E-state index in [0.29, 0.717) is 17.4 Å². The number of rotatable bonds is 4. The summed E-state index contributed by atoms with van der Waals surface area (Å²) >= 11 is 0. The Morgan fingerprint density at radius 2 is 2.09 bits per heavy atom. The summed E-state index contributed by atoms with van der Waals surface area (Å²) in [5.41, 5.74) is 1.84. The number of fused-ring (bicyclic) bond motifs is 1. The maximum Gasteiger partial charge on any atom is 0.253 e. The fourth-order valence-corrected chi connectivity index (χ4v) is 3.83. The largest absolute Gasteiger partial charge is 0.377 e. The molecule has 2 fully saturated rings. The summed E-state index contributed by atoms with van der Waals surface area (Å²) in [5.74, 6) is 0.694. The number of nitrogens with one attached hydrogen (secondary N) is 1. The molecular formula is C18H19N3O2. The average Bonchev–Trinajstić information content (AvgIpc) is 3.04. The highest BCUT2D eigenvalue weighted by Crippen LogP contribution is 2.45. The molecule has 1 saturated carbocycles. The maximum atomic E-state index is 12.4. The van der Waals surface area contributed by atoms with Gasteiger partial charge in [-0.05, 0) is 24.5 Å². The fourth-order valence-electron chi connectivity index (χ4n) is 3.83. The molecule has 1 N–H and O–H groups in total. The minimum absolute atomic E-state index is 0.0756. The van der Waals surface area contributed by atoms with Crippen LogP contribution in [-0.2, 0) is 11.2 Å².